The van der Waals surface area contributed by atoms with E-state index in [4.69, 9.17) is 0 Å². The monoisotopic (exact) mass is 347 g/mol. The third-order valence-electron chi connectivity index (χ3n) is 4.88. The van der Waals surface area contributed by atoms with E-state index in [0.717, 1.165) is 27.7 Å². The zero-order valence-electron chi connectivity index (χ0n) is 14.9. The van der Waals surface area contributed by atoms with Crippen LogP contribution in [0.3, 0.4) is 0 Å². The summed E-state index contributed by atoms with van der Waals surface area (Å²) in [6.45, 7) is 4.63. The minimum absolute atomic E-state index is 0.0610. The fraction of sp³-hybridized carbons (Fsp3) is 0.238. The van der Waals surface area contributed by atoms with Gasteiger partial charge in [0.2, 0.25) is 5.91 Å². The van der Waals surface area contributed by atoms with Crippen molar-refractivity contribution in [1.29, 1.82) is 0 Å². The number of aromatic nitrogens is 1. The number of benzene rings is 2. The van der Waals surface area contributed by atoms with Crippen molar-refractivity contribution in [2.45, 2.75) is 26.3 Å². The molecule has 1 saturated heterocycles. The molecule has 1 atom stereocenters. The zero-order chi connectivity index (χ0) is 18.3. The molecule has 132 valence electrons. The molecule has 4 rings (SSSR count). The Morgan fingerprint density at radius 2 is 1.81 bits per heavy atom. The molecule has 26 heavy (non-hydrogen) atoms. The Kier molecular flexibility index (Phi) is 3.99. The van der Waals surface area contributed by atoms with E-state index in [0.29, 0.717) is 18.7 Å². The van der Waals surface area contributed by atoms with Crippen molar-refractivity contribution >= 4 is 28.4 Å². The number of H-pyrrole nitrogens is 1. The van der Waals surface area contributed by atoms with Crippen molar-refractivity contribution in [3.05, 3.63) is 65.4 Å². The van der Waals surface area contributed by atoms with Crippen molar-refractivity contribution < 1.29 is 9.59 Å². The third kappa shape index (κ3) is 2.96. The van der Waals surface area contributed by atoms with Crippen LogP contribution in [0.2, 0.25) is 0 Å². The highest BCUT2D eigenvalue weighted by Crippen LogP contribution is 2.23. The SMILES string of the molecule is Cc1ccc(N2CC[C@@H](NC(=O)c3cc4ccc(C)cc4[nH]3)C2=O)cc1. The van der Waals surface area contributed by atoms with E-state index >= 15 is 0 Å². The molecule has 2 heterocycles. The molecular formula is C21H21N3O2. The van der Waals surface area contributed by atoms with Crippen molar-refractivity contribution in [3.63, 3.8) is 0 Å². The molecule has 0 spiro atoms. The molecule has 0 unspecified atom stereocenters. The standard InChI is InChI=1S/C21H21N3O2/c1-13-4-7-16(8-5-13)24-10-9-17(21(24)26)23-20(25)19-12-15-6-3-14(2)11-18(15)22-19/h3-8,11-12,17,22H,9-10H2,1-2H3,(H,23,25)/t17-/m1/s1. The van der Waals surface area contributed by atoms with Crippen LogP contribution in [0.1, 0.15) is 28.0 Å². The van der Waals surface area contributed by atoms with Crippen LogP contribution in [0.15, 0.2) is 48.5 Å². The van der Waals surface area contributed by atoms with Crippen LogP contribution in [0.5, 0.6) is 0 Å². The normalized spacial score (nSPS) is 17.1. The molecule has 1 aromatic heterocycles. The first kappa shape index (κ1) is 16.4. The molecule has 3 aromatic rings. The molecular weight excluding hydrogens is 326 g/mol. The van der Waals surface area contributed by atoms with Gasteiger partial charge in [0.25, 0.3) is 5.91 Å². The largest absolute Gasteiger partial charge is 0.351 e. The Morgan fingerprint density at radius 1 is 1.08 bits per heavy atom. The molecule has 0 saturated carbocycles. The van der Waals surface area contributed by atoms with Crippen LogP contribution >= 0.6 is 0 Å². The van der Waals surface area contributed by atoms with Crippen LogP contribution in [-0.4, -0.2) is 29.4 Å². The minimum atomic E-state index is -0.489. The first-order chi connectivity index (χ1) is 12.5. The molecule has 5 heteroatoms. The molecule has 1 fully saturated rings. The smallest absolute Gasteiger partial charge is 0.268 e. The Hall–Kier alpha value is -3.08. The second-order valence-corrected chi connectivity index (χ2v) is 6.91. The summed E-state index contributed by atoms with van der Waals surface area (Å²) >= 11 is 0. The van der Waals surface area contributed by atoms with Crippen LogP contribution in [-0.2, 0) is 4.79 Å². The first-order valence-electron chi connectivity index (χ1n) is 8.79. The third-order valence-corrected chi connectivity index (χ3v) is 4.88. The van der Waals surface area contributed by atoms with Crippen molar-refractivity contribution in [2.24, 2.45) is 0 Å². The second kappa shape index (κ2) is 6.33. The van der Waals surface area contributed by atoms with Gasteiger partial charge >= 0.3 is 0 Å². The minimum Gasteiger partial charge on any atom is -0.351 e. The summed E-state index contributed by atoms with van der Waals surface area (Å²) in [4.78, 5) is 30.1. The number of nitrogens with zero attached hydrogens (tertiary/aromatic N) is 1. The summed E-state index contributed by atoms with van der Waals surface area (Å²) in [5, 5.41) is 3.86. The quantitative estimate of drug-likeness (QED) is 0.763. The Bertz CT molecular complexity index is 988. The highest BCUT2D eigenvalue weighted by Gasteiger charge is 2.33. The number of amides is 2. The Labute approximate surface area is 152 Å². The number of anilines is 1. The van der Waals surface area contributed by atoms with Gasteiger partial charge in [-0.15, -0.1) is 0 Å². The molecule has 0 bridgehead atoms. The van der Waals surface area contributed by atoms with Crippen LogP contribution < -0.4 is 10.2 Å². The Morgan fingerprint density at radius 3 is 2.58 bits per heavy atom. The molecule has 5 nitrogen and oxygen atoms in total. The van der Waals surface area contributed by atoms with Crippen molar-refractivity contribution in [2.75, 3.05) is 11.4 Å². The van der Waals surface area contributed by atoms with E-state index in [1.165, 1.54) is 0 Å². The van der Waals surface area contributed by atoms with Crippen molar-refractivity contribution in [3.8, 4) is 0 Å². The van der Waals surface area contributed by atoms with Gasteiger partial charge in [0, 0.05) is 23.1 Å². The first-order valence-corrected chi connectivity index (χ1v) is 8.79. The molecule has 1 aliphatic heterocycles. The highest BCUT2D eigenvalue weighted by molar-refractivity contribution is 6.04. The van der Waals surface area contributed by atoms with E-state index in [1.807, 2.05) is 62.4 Å². The summed E-state index contributed by atoms with van der Waals surface area (Å²) in [6.07, 6.45) is 0.609. The number of hydrogen-bond acceptors (Lipinski definition) is 2. The van der Waals surface area contributed by atoms with E-state index < -0.39 is 6.04 Å². The maximum Gasteiger partial charge on any atom is 0.268 e. The van der Waals surface area contributed by atoms with Gasteiger partial charge in [0.15, 0.2) is 0 Å². The van der Waals surface area contributed by atoms with Gasteiger partial charge in [-0.3, -0.25) is 9.59 Å². The maximum atomic E-state index is 12.7. The lowest BCUT2D eigenvalue weighted by Gasteiger charge is -2.17. The van der Waals surface area contributed by atoms with Gasteiger partial charge in [-0.25, -0.2) is 0 Å². The fourth-order valence-electron chi connectivity index (χ4n) is 3.39. The number of carbonyl (C=O) groups excluding carboxylic acids is 2. The lowest BCUT2D eigenvalue weighted by atomic mass is 10.2. The van der Waals surface area contributed by atoms with E-state index in [9.17, 15) is 9.59 Å². The van der Waals surface area contributed by atoms with Gasteiger partial charge in [0.1, 0.15) is 11.7 Å². The molecule has 2 amide bonds. The number of carbonyl (C=O) groups is 2. The van der Waals surface area contributed by atoms with Crippen LogP contribution in [0, 0.1) is 13.8 Å². The van der Waals surface area contributed by atoms with Gasteiger partial charge < -0.3 is 15.2 Å². The van der Waals surface area contributed by atoms with Crippen LogP contribution in [0.4, 0.5) is 5.69 Å². The zero-order valence-corrected chi connectivity index (χ0v) is 14.9. The number of aryl methyl sites for hydroxylation is 2. The van der Waals surface area contributed by atoms with E-state index in [2.05, 4.69) is 10.3 Å². The molecule has 2 aromatic carbocycles. The summed E-state index contributed by atoms with van der Waals surface area (Å²) in [5.74, 6) is -0.308. The fourth-order valence-corrected chi connectivity index (χ4v) is 3.39. The number of fused-ring (bicyclic) bond motifs is 1. The van der Waals surface area contributed by atoms with Crippen LogP contribution in [0.25, 0.3) is 10.9 Å². The van der Waals surface area contributed by atoms with E-state index in [-0.39, 0.29) is 11.8 Å². The average Bonchev–Trinajstić information content (AvgIpc) is 3.20. The second-order valence-electron chi connectivity index (χ2n) is 6.91. The molecule has 2 N–H and O–H groups in total. The predicted octanol–water partition coefficient (Wildman–Crippen LogP) is 3.32. The number of hydrogen-bond donors (Lipinski definition) is 2. The maximum absolute atomic E-state index is 12.7. The summed E-state index contributed by atoms with van der Waals surface area (Å²) < 4.78 is 0. The lowest BCUT2D eigenvalue weighted by Crippen LogP contribution is -2.41. The van der Waals surface area contributed by atoms with Crippen molar-refractivity contribution in [1.82, 2.24) is 10.3 Å². The molecule has 0 aliphatic carbocycles. The Balaban J connectivity index is 1.49. The molecule has 1 aliphatic rings. The molecule has 0 radical (unpaired) electrons. The topological polar surface area (TPSA) is 65.2 Å². The number of rotatable bonds is 3. The summed E-state index contributed by atoms with van der Waals surface area (Å²) in [6, 6.07) is 15.2. The predicted molar refractivity (Wildman–Crippen MR) is 102 cm³/mol. The average molecular weight is 347 g/mol. The highest BCUT2D eigenvalue weighted by atomic mass is 16.2. The number of nitrogens with one attached hydrogen (secondary N) is 2. The lowest BCUT2D eigenvalue weighted by molar-refractivity contribution is -0.118. The van der Waals surface area contributed by atoms with Gasteiger partial charge in [-0.05, 0) is 50.1 Å². The summed E-state index contributed by atoms with van der Waals surface area (Å²) in [7, 11) is 0. The van der Waals surface area contributed by atoms with E-state index in [1.54, 1.807) is 4.90 Å². The van der Waals surface area contributed by atoms with Gasteiger partial charge in [0.05, 0.1) is 0 Å². The number of aromatic amines is 1. The van der Waals surface area contributed by atoms with Gasteiger partial charge in [-0.1, -0.05) is 29.8 Å². The van der Waals surface area contributed by atoms with Gasteiger partial charge in [-0.2, -0.15) is 0 Å². The summed E-state index contributed by atoms with van der Waals surface area (Å²) in [5.41, 5.74) is 4.56.